The standard InChI is InChI=1S/C14H18BrN3O2/c15-12-5-8(14(16)17-20)1-4-13(12)18-9-2-3-10(18)7-11(19)6-9/h1,4-5,9-11,19-20H,2-3,6-7H2,(H2,16,17). The van der Waals surface area contributed by atoms with Gasteiger partial charge in [0.25, 0.3) is 0 Å². The Morgan fingerprint density at radius 3 is 2.50 bits per heavy atom. The molecule has 2 aliphatic rings. The third kappa shape index (κ3) is 2.27. The van der Waals surface area contributed by atoms with Crippen LogP contribution in [0, 0.1) is 0 Å². The van der Waals surface area contributed by atoms with Crippen molar-refractivity contribution < 1.29 is 10.3 Å². The Bertz CT molecular complexity index is 535. The number of amidine groups is 1. The van der Waals surface area contributed by atoms with Crippen molar-refractivity contribution in [1.29, 1.82) is 0 Å². The molecule has 5 nitrogen and oxygen atoms in total. The van der Waals surface area contributed by atoms with Crippen LogP contribution in [0.3, 0.4) is 0 Å². The van der Waals surface area contributed by atoms with E-state index >= 15 is 0 Å². The van der Waals surface area contributed by atoms with E-state index in [0.717, 1.165) is 35.8 Å². The Labute approximate surface area is 126 Å². The van der Waals surface area contributed by atoms with E-state index in [4.69, 9.17) is 10.9 Å². The molecule has 0 aromatic heterocycles. The molecule has 0 radical (unpaired) electrons. The topological polar surface area (TPSA) is 82.1 Å². The molecule has 6 heteroatoms. The SMILES string of the molecule is N/C(=N/O)c1ccc(N2C3CCC2CC(O)C3)c(Br)c1. The normalized spacial score (nSPS) is 29.8. The molecule has 2 bridgehead atoms. The zero-order chi connectivity index (χ0) is 14.3. The van der Waals surface area contributed by atoms with E-state index in [1.807, 2.05) is 18.2 Å². The van der Waals surface area contributed by atoms with E-state index in [9.17, 15) is 5.11 Å². The molecule has 108 valence electrons. The average Bonchev–Trinajstić information content (AvgIpc) is 2.69. The highest BCUT2D eigenvalue weighted by molar-refractivity contribution is 9.10. The number of piperidine rings is 1. The largest absolute Gasteiger partial charge is 0.409 e. The number of anilines is 1. The molecular weight excluding hydrogens is 322 g/mol. The maximum Gasteiger partial charge on any atom is 0.170 e. The molecule has 1 aromatic rings. The molecule has 2 aliphatic heterocycles. The number of aliphatic hydroxyl groups is 1. The molecule has 0 spiro atoms. The van der Waals surface area contributed by atoms with E-state index in [1.54, 1.807) is 0 Å². The summed E-state index contributed by atoms with van der Waals surface area (Å²) in [6, 6.07) is 6.55. The first-order valence-electron chi connectivity index (χ1n) is 6.84. The summed E-state index contributed by atoms with van der Waals surface area (Å²) >= 11 is 3.58. The number of hydrogen-bond donors (Lipinski definition) is 3. The first-order chi connectivity index (χ1) is 9.60. The van der Waals surface area contributed by atoms with Crippen molar-refractivity contribution in [2.45, 2.75) is 43.9 Å². The average molecular weight is 340 g/mol. The van der Waals surface area contributed by atoms with Gasteiger partial charge in [0.1, 0.15) is 0 Å². The van der Waals surface area contributed by atoms with Gasteiger partial charge in [-0.1, -0.05) is 5.16 Å². The highest BCUT2D eigenvalue weighted by Crippen LogP contribution is 2.42. The minimum Gasteiger partial charge on any atom is -0.409 e. The van der Waals surface area contributed by atoms with E-state index in [1.165, 1.54) is 0 Å². The lowest BCUT2D eigenvalue weighted by molar-refractivity contribution is 0.126. The number of nitrogens with zero attached hydrogens (tertiary/aromatic N) is 2. The van der Waals surface area contributed by atoms with Crippen molar-refractivity contribution in [1.82, 2.24) is 0 Å². The maximum absolute atomic E-state index is 9.87. The fraction of sp³-hybridized carbons (Fsp3) is 0.500. The predicted octanol–water partition coefficient (Wildman–Crippen LogP) is 2.04. The molecule has 2 fully saturated rings. The quantitative estimate of drug-likeness (QED) is 0.333. The summed E-state index contributed by atoms with van der Waals surface area (Å²) in [5.74, 6) is 0.106. The molecule has 3 rings (SSSR count). The van der Waals surface area contributed by atoms with Crippen LogP contribution in [0.4, 0.5) is 5.69 Å². The molecule has 4 N–H and O–H groups in total. The summed E-state index contributed by atoms with van der Waals surface area (Å²) < 4.78 is 0.940. The van der Waals surface area contributed by atoms with Crippen LogP contribution < -0.4 is 10.6 Å². The van der Waals surface area contributed by atoms with Gasteiger partial charge in [-0.2, -0.15) is 0 Å². The Morgan fingerprint density at radius 1 is 1.30 bits per heavy atom. The highest BCUT2D eigenvalue weighted by atomic mass is 79.9. The Balaban J connectivity index is 1.92. The van der Waals surface area contributed by atoms with Gasteiger partial charge < -0.3 is 20.9 Å². The summed E-state index contributed by atoms with van der Waals surface area (Å²) in [5.41, 5.74) is 7.42. The summed E-state index contributed by atoms with van der Waals surface area (Å²) in [4.78, 5) is 2.41. The van der Waals surface area contributed by atoms with Crippen LogP contribution >= 0.6 is 15.9 Å². The number of rotatable bonds is 2. The van der Waals surface area contributed by atoms with E-state index in [0.29, 0.717) is 17.6 Å². The monoisotopic (exact) mass is 339 g/mol. The third-order valence-corrected chi connectivity index (χ3v) is 4.97. The van der Waals surface area contributed by atoms with E-state index in [-0.39, 0.29) is 11.9 Å². The molecule has 20 heavy (non-hydrogen) atoms. The Morgan fingerprint density at radius 2 is 1.95 bits per heavy atom. The van der Waals surface area contributed by atoms with Crippen LogP contribution in [-0.4, -0.2) is 34.3 Å². The van der Waals surface area contributed by atoms with Crippen LogP contribution in [0.1, 0.15) is 31.2 Å². The maximum atomic E-state index is 9.87. The lowest BCUT2D eigenvalue weighted by Gasteiger charge is -2.39. The first-order valence-corrected chi connectivity index (χ1v) is 7.63. The van der Waals surface area contributed by atoms with E-state index < -0.39 is 0 Å². The van der Waals surface area contributed by atoms with Crippen molar-refractivity contribution in [3.63, 3.8) is 0 Å². The smallest absolute Gasteiger partial charge is 0.170 e. The van der Waals surface area contributed by atoms with Crippen molar-refractivity contribution in [2.24, 2.45) is 10.9 Å². The minimum atomic E-state index is -0.168. The molecule has 0 amide bonds. The summed E-state index contributed by atoms with van der Waals surface area (Å²) in [5, 5.41) is 21.6. The van der Waals surface area contributed by atoms with Gasteiger partial charge in [0.05, 0.1) is 11.8 Å². The highest BCUT2D eigenvalue weighted by Gasteiger charge is 2.40. The first kappa shape index (κ1) is 13.7. The zero-order valence-electron chi connectivity index (χ0n) is 11.0. The van der Waals surface area contributed by atoms with Crippen molar-refractivity contribution in [3.8, 4) is 0 Å². The molecular formula is C14H18BrN3O2. The molecule has 0 saturated carbocycles. The number of halogens is 1. The number of fused-ring (bicyclic) bond motifs is 2. The van der Waals surface area contributed by atoms with Crippen LogP contribution in [-0.2, 0) is 0 Å². The van der Waals surface area contributed by atoms with Crippen molar-refractivity contribution in [2.75, 3.05) is 4.90 Å². The second-order valence-corrected chi connectivity index (χ2v) is 6.42. The second-order valence-electron chi connectivity index (χ2n) is 5.57. The number of nitrogens with two attached hydrogens (primary N) is 1. The third-order valence-electron chi connectivity index (χ3n) is 4.34. The molecule has 2 atom stereocenters. The Hall–Kier alpha value is -1.27. The molecule has 2 saturated heterocycles. The molecule has 1 aromatic carbocycles. The van der Waals surface area contributed by atoms with Gasteiger partial charge in [-0.25, -0.2) is 0 Å². The lowest BCUT2D eigenvalue weighted by atomic mass is 9.99. The van der Waals surface area contributed by atoms with Gasteiger partial charge in [0.15, 0.2) is 5.84 Å². The lowest BCUT2D eigenvalue weighted by Crippen LogP contribution is -2.45. The molecule has 2 heterocycles. The van der Waals surface area contributed by atoms with Gasteiger partial charge in [0.2, 0.25) is 0 Å². The van der Waals surface area contributed by atoms with Crippen LogP contribution in [0.5, 0.6) is 0 Å². The second kappa shape index (κ2) is 5.26. The number of hydrogen-bond acceptors (Lipinski definition) is 4. The van der Waals surface area contributed by atoms with Gasteiger partial charge >= 0.3 is 0 Å². The molecule has 2 unspecified atom stereocenters. The molecule has 0 aliphatic carbocycles. The minimum absolute atomic E-state index is 0.106. The van der Waals surface area contributed by atoms with Crippen LogP contribution in [0.2, 0.25) is 0 Å². The van der Waals surface area contributed by atoms with Gasteiger partial charge in [-0.3, -0.25) is 0 Å². The zero-order valence-corrected chi connectivity index (χ0v) is 12.6. The van der Waals surface area contributed by atoms with Crippen molar-refractivity contribution >= 4 is 27.5 Å². The Kier molecular flexibility index (Phi) is 3.60. The van der Waals surface area contributed by atoms with Crippen LogP contribution in [0.15, 0.2) is 27.8 Å². The number of oxime groups is 1. The van der Waals surface area contributed by atoms with Gasteiger partial charge in [-0.05, 0) is 59.8 Å². The van der Waals surface area contributed by atoms with Gasteiger partial charge in [-0.15, -0.1) is 0 Å². The van der Waals surface area contributed by atoms with Crippen LogP contribution in [0.25, 0.3) is 0 Å². The number of aliphatic hydroxyl groups excluding tert-OH is 1. The fourth-order valence-corrected chi connectivity index (χ4v) is 4.06. The number of benzene rings is 1. The predicted molar refractivity (Wildman–Crippen MR) is 81.2 cm³/mol. The summed E-state index contributed by atoms with van der Waals surface area (Å²) in [7, 11) is 0. The fourth-order valence-electron chi connectivity index (χ4n) is 3.48. The van der Waals surface area contributed by atoms with Gasteiger partial charge in [0, 0.05) is 22.1 Å². The van der Waals surface area contributed by atoms with E-state index in [2.05, 4.69) is 26.0 Å². The summed E-state index contributed by atoms with van der Waals surface area (Å²) in [6.45, 7) is 0. The van der Waals surface area contributed by atoms with Crippen molar-refractivity contribution in [3.05, 3.63) is 28.2 Å². The summed E-state index contributed by atoms with van der Waals surface area (Å²) in [6.07, 6.45) is 3.78.